The highest BCUT2D eigenvalue weighted by Gasteiger charge is 2.51. The number of fused-ring (bicyclic) bond motifs is 1. The van der Waals surface area contributed by atoms with Crippen molar-refractivity contribution in [2.24, 2.45) is 0 Å². The van der Waals surface area contributed by atoms with E-state index in [1.807, 2.05) is 0 Å². The molecule has 1 aliphatic heterocycles. The summed E-state index contributed by atoms with van der Waals surface area (Å²) < 4.78 is 23.3. The maximum atomic E-state index is 11.7. The van der Waals surface area contributed by atoms with Crippen LogP contribution in [0.2, 0.25) is 0 Å². The number of imidazole rings is 1. The molecule has 3 rings (SSSR count). The maximum absolute atomic E-state index is 11.7. The number of aromatic nitrogens is 4. The van der Waals surface area contributed by atoms with Gasteiger partial charge >= 0.3 is 17.9 Å². The number of hydrogen-bond acceptors (Lipinski definition) is 10. The highest BCUT2D eigenvalue weighted by Crippen LogP contribution is 2.36. The van der Waals surface area contributed by atoms with Crippen LogP contribution in [0.25, 0.3) is 17.2 Å². The van der Waals surface area contributed by atoms with E-state index in [9.17, 15) is 14.4 Å². The Morgan fingerprint density at radius 3 is 2.41 bits per heavy atom. The van der Waals surface area contributed by atoms with E-state index in [0.717, 1.165) is 0 Å². The zero-order valence-corrected chi connectivity index (χ0v) is 16.1. The molecule has 29 heavy (non-hydrogen) atoms. The molecule has 11 nitrogen and oxygen atoms in total. The standard InChI is InChI=1S/C18H20N4O7/c1-5-12-14-17(20-7-19-12)22(8-21-14)18-16(28-11(4)25)15(27-10(3)24)13(29-18)6-26-9(2)23/h5,7-8,13,15-16,18H,1,6H2,2-4H3/t13-,15-,16-,18-/m1/s1. The highest BCUT2D eigenvalue weighted by atomic mass is 16.7. The van der Waals surface area contributed by atoms with Crippen molar-refractivity contribution in [3.63, 3.8) is 0 Å². The number of carbonyl (C=O) groups is 3. The molecule has 0 bridgehead atoms. The molecule has 0 aliphatic carbocycles. The summed E-state index contributed by atoms with van der Waals surface area (Å²) in [6, 6.07) is 0. The fraction of sp³-hybridized carbons (Fsp3) is 0.444. The lowest BCUT2D eigenvalue weighted by Gasteiger charge is -2.23. The van der Waals surface area contributed by atoms with Crippen LogP contribution >= 0.6 is 0 Å². The van der Waals surface area contributed by atoms with E-state index in [0.29, 0.717) is 16.9 Å². The van der Waals surface area contributed by atoms with Crippen LogP contribution in [0.15, 0.2) is 19.2 Å². The lowest BCUT2D eigenvalue weighted by atomic mass is 10.1. The first-order valence-corrected chi connectivity index (χ1v) is 8.75. The highest BCUT2D eigenvalue weighted by molar-refractivity contribution is 5.79. The van der Waals surface area contributed by atoms with Crippen molar-refractivity contribution >= 4 is 35.1 Å². The minimum Gasteiger partial charge on any atom is -0.463 e. The Morgan fingerprint density at radius 2 is 1.79 bits per heavy atom. The largest absolute Gasteiger partial charge is 0.463 e. The minimum absolute atomic E-state index is 0.193. The second-order valence-corrected chi connectivity index (χ2v) is 6.30. The maximum Gasteiger partial charge on any atom is 0.303 e. The Hall–Kier alpha value is -3.34. The van der Waals surface area contributed by atoms with Crippen LogP contribution in [0.1, 0.15) is 32.7 Å². The van der Waals surface area contributed by atoms with Gasteiger partial charge in [0.1, 0.15) is 24.6 Å². The molecule has 0 saturated carbocycles. The first kappa shape index (κ1) is 20.4. The van der Waals surface area contributed by atoms with Crippen LogP contribution in [0.5, 0.6) is 0 Å². The molecule has 11 heteroatoms. The van der Waals surface area contributed by atoms with Gasteiger partial charge in [-0.25, -0.2) is 15.0 Å². The van der Waals surface area contributed by atoms with Crippen LogP contribution in [0.4, 0.5) is 0 Å². The fourth-order valence-corrected chi connectivity index (χ4v) is 3.12. The normalized spacial score (nSPS) is 23.6. The molecule has 1 aliphatic rings. The number of nitrogens with zero attached hydrogens (tertiary/aromatic N) is 4. The number of rotatable bonds is 6. The lowest BCUT2D eigenvalue weighted by molar-refractivity contribution is -0.166. The van der Waals surface area contributed by atoms with E-state index in [1.54, 1.807) is 4.57 Å². The van der Waals surface area contributed by atoms with Crippen molar-refractivity contribution in [3.8, 4) is 0 Å². The average molecular weight is 404 g/mol. The van der Waals surface area contributed by atoms with Crippen molar-refractivity contribution in [1.82, 2.24) is 19.5 Å². The van der Waals surface area contributed by atoms with Gasteiger partial charge in [-0.05, 0) is 6.08 Å². The van der Waals surface area contributed by atoms with Gasteiger partial charge in [0.05, 0.1) is 12.0 Å². The lowest BCUT2D eigenvalue weighted by Crippen LogP contribution is -2.40. The van der Waals surface area contributed by atoms with Gasteiger partial charge in [-0.15, -0.1) is 0 Å². The second kappa shape index (κ2) is 8.35. The van der Waals surface area contributed by atoms with Gasteiger partial charge in [0.15, 0.2) is 24.1 Å². The zero-order valence-electron chi connectivity index (χ0n) is 16.1. The quantitative estimate of drug-likeness (QED) is 0.503. The SMILES string of the molecule is C=Cc1ncnc2c1ncn2[C@@H]1O[C@H](COC(C)=O)[C@@H](OC(C)=O)[C@H]1OC(C)=O. The summed E-state index contributed by atoms with van der Waals surface area (Å²) in [4.78, 5) is 47.2. The van der Waals surface area contributed by atoms with E-state index in [4.69, 9.17) is 18.9 Å². The smallest absolute Gasteiger partial charge is 0.303 e. The topological polar surface area (TPSA) is 132 Å². The van der Waals surface area contributed by atoms with Crippen molar-refractivity contribution in [2.45, 2.75) is 45.3 Å². The Balaban J connectivity index is 2.03. The average Bonchev–Trinajstić information content (AvgIpc) is 3.21. The molecule has 3 heterocycles. The van der Waals surface area contributed by atoms with Crippen LogP contribution in [-0.2, 0) is 33.3 Å². The van der Waals surface area contributed by atoms with Crippen molar-refractivity contribution < 1.29 is 33.3 Å². The third kappa shape index (κ3) is 4.24. The molecular formula is C18H20N4O7. The summed E-state index contributed by atoms with van der Waals surface area (Å²) in [6.07, 6.45) is 0.512. The van der Waals surface area contributed by atoms with E-state index >= 15 is 0 Å². The molecule has 0 amide bonds. The molecule has 1 fully saturated rings. The molecule has 4 atom stereocenters. The predicted molar refractivity (Wildman–Crippen MR) is 97.1 cm³/mol. The summed E-state index contributed by atoms with van der Waals surface area (Å²) in [7, 11) is 0. The predicted octanol–water partition coefficient (Wildman–Crippen LogP) is 0.793. The molecule has 0 spiro atoms. The Morgan fingerprint density at radius 1 is 1.10 bits per heavy atom. The Labute approximate surface area is 165 Å². The van der Waals surface area contributed by atoms with E-state index < -0.39 is 42.4 Å². The molecule has 2 aromatic rings. The third-order valence-electron chi connectivity index (χ3n) is 4.20. The van der Waals surface area contributed by atoms with Gasteiger partial charge in [-0.3, -0.25) is 19.0 Å². The number of hydrogen-bond donors (Lipinski definition) is 0. The van der Waals surface area contributed by atoms with E-state index in [-0.39, 0.29) is 6.61 Å². The molecule has 0 aromatic carbocycles. The molecule has 2 aromatic heterocycles. The van der Waals surface area contributed by atoms with Gasteiger partial charge < -0.3 is 18.9 Å². The van der Waals surface area contributed by atoms with Crippen molar-refractivity contribution in [3.05, 3.63) is 24.9 Å². The van der Waals surface area contributed by atoms with Gasteiger partial charge in [-0.1, -0.05) is 6.58 Å². The summed E-state index contributed by atoms with van der Waals surface area (Å²) in [5.74, 6) is -1.73. The number of carbonyl (C=O) groups excluding carboxylic acids is 3. The number of ether oxygens (including phenoxy) is 4. The summed E-state index contributed by atoms with van der Waals surface area (Å²) in [6.45, 7) is 7.19. The van der Waals surface area contributed by atoms with Crippen molar-refractivity contribution in [1.29, 1.82) is 0 Å². The van der Waals surface area contributed by atoms with Gasteiger partial charge in [0.2, 0.25) is 0 Å². The fourth-order valence-electron chi connectivity index (χ4n) is 3.12. The van der Waals surface area contributed by atoms with Gasteiger partial charge in [0.25, 0.3) is 0 Å². The molecule has 0 radical (unpaired) electrons. The van der Waals surface area contributed by atoms with E-state index in [2.05, 4.69) is 21.5 Å². The van der Waals surface area contributed by atoms with Crippen LogP contribution < -0.4 is 0 Å². The molecule has 1 saturated heterocycles. The second-order valence-electron chi connectivity index (χ2n) is 6.30. The van der Waals surface area contributed by atoms with E-state index in [1.165, 1.54) is 39.5 Å². The molecule has 0 unspecified atom stereocenters. The number of esters is 3. The molecule has 0 N–H and O–H groups in total. The minimum atomic E-state index is -1.02. The molecular weight excluding hydrogens is 384 g/mol. The summed E-state index contributed by atoms with van der Waals surface area (Å²) in [5.41, 5.74) is 1.40. The summed E-state index contributed by atoms with van der Waals surface area (Å²) in [5, 5.41) is 0. The first-order valence-electron chi connectivity index (χ1n) is 8.75. The molecule has 154 valence electrons. The third-order valence-corrected chi connectivity index (χ3v) is 4.20. The van der Waals surface area contributed by atoms with Gasteiger partial charge in [-0.2, -0.15) is 0 Å². The van der Waals surface area contributed by atoms with Crippen LogP contribution in [0.3, 0.4) is 0 Å². The van der Waals surface area contributed by atoms with Gasteiger partial charge in [0, 0.05) is 20.8 Å². The monoisotopic (exact) mass is 404 g/mol. The Kier molecular flexibility index (Phi) is 5.87. The summed E-state index contributed by atoms with van der Waals surface area (Å²) >= 11 is 0. The zero-order chi connectivity index (χ0) is 21.1. The van der Waals surface area contributed by atoms with Crippen LogP contribution in [0, 0.1) is 0 Å². The Bertz CT molecular complexity index is 957. The van der Waals surface area contributed by atoms with Crippen LogP contribution in [-0.4, -0.2) is 62.3 Å². The van der Waals surface area contributed by atoms with Crippen molar-refractivity contribution in [2.75, 3.05) is 6.61 Å². The first-order chi connectivity index (χ1) is 13.8.